The van der Waals surface area contributed by atoms with Crippen LogP contribution in [0, 0.1) is 0 Å². The second-order valence-corrected chi connectivity index (χ2v) is 6.82. The molecule has 0 radical (unpaired) electrons. The molecule has 0 spiro atoms. The molecule has 1 amide bonds. The summed E-state index contributed by atoms with van der Waals surface area (Å²) in [7, 11) is 0. The number of hydrogen-bond donors (Lipinski definition) is 1. The summed E-state index contributed by atoms with van der Waals surface area (Å²) < 4.78 is 10.6. The molecule has 0 saturated carbocycles. The number of alkyl carbamates (subject to hydrolysis) is 1. The molecule has 0 aliphatic rings. The zero-order chi connectivity index (χ0) is 19.0. The minimum atomic E-state index is -0.886. The molecule has 1 N–H and O–H groups in total. The van der Waals surface area contributed by atoms with E-state index in [1.807, 2.05) is 36.4 Å². The van der Waals surface area contributed by atoms with E-state index in [1.54, 1.807) is 39.1 Å². The van der Waals surface area contributed by atoms with E-state index in [4.69, 9.17) is 9.47 Å². The molecule has 0 fully saturated rings. The van der Waals surface area contributed by atoms with E-state index in [1.165, 1.54) is 0 Å². The number of nitrogens with zero attached hydrogens (tertiary/aromatic N) is 1. The second-order valence-electron chi connectivity index (χ2n) is 6.82. The molecular formula is C20H24N2O4. The zero-order valence-electron chi connectivity index (χ0n) is 15.3. The predicted octanol–water partition coefficient (Wildman–Crippen LogP) is 3.26. The van der Waals surface area contributed by atoms with Gasteiger partial charge in [-0.1, -0.05) is 36.4 Å². The van der Waals surface area contributed by atoms with Crippen molar-refractivity contribution in [2.75, 3.05) is 0 Å². The van der Waals surface area contributed by atoms with Crippen molar-refractivity contribution >= 4 is 12.1 Å². The first-order valence-electron chi connectivity index (χ1n) is 8.43. The largest absolute Gasteiger partial charge is 0.459 e. The molecule has 2 aromatic rings. The molecule has 0 bridgehead atoms. The lowest BCUT2D eigenvalue weighted by atomic mass is 10.1. The summed E-state index contributed by atoms with van der Waals surface area (Å²) in [6.07, 6.45) is 1.18. The smallest absolute Gasteiger partial charge is 0.408 e. The summed E-state index contributed by atoms with van der Waals surface area (Å²) in [5.74, 6) is -0.537. The number of pyridine rings is 1. The third-order valence-electron chi connectivity index (χ3n) is 3.34. The van der Waals surface area contributed by atoms with E-state index in [2.05, 4.69) is 10.3 Å². The third-order valence-corrected chi connectivity index (χ3v) is 3.34. The van der Waals surface area contributed by atoms with Gasteiger partial charge in [-0.05, 0) is 38.5 Å². The maximum absolute atomic E-state index is 12.5. The fourth-order valence-corrected chi connectivity index (χ4v) is 2.20. The highest BCUT2D eigenvalue weighted by molar-refractivity contribution is 5.81. The first-order valence-corrected chi connectivity index (χ1v) is 8.43. The molecule has 1 heterocycles. The molecule has 2 rings (SSSR count). The Bertz CT molecular complexity index is 712. The molecule has 1 aromatic carbocycles. The zero-order valence-corrected chi connectivity index (χ0v) is 15.3. The van der Waals surface area contributed by atoms with Gasteiger partial charge < -0.3 is 14.8 Å². The summed E-state index contributed by atoms with van der Waals surface area (Å²) in [6, 6.07) is 13.9. The minimum Gasteiger partial charge on any atom is -0.459 e. The Balaban J connectivity index is 2.03. The van der Waals surface area contributed by atoms with Gasteiger partial charge in [-0.25, -0.2) is 9.59 Å². The van der Waals surface area contributed by atoms with E-state index in [0.29, 0.717) is 5.69 Å². The molecular weight excluding hydrogens is 332 g/mol. The molecule has 26 heavy (non-hydrogen) atoms. The van der Waals surface area contributed by atoms with Crippen molar-refractivity contribution < 1.29 is 19.1 Å². The van der Waals surface area contributed by atoms with Crippen LogP contribution in [0.15, 0.2) is 54.7 Å². The van der Waals surface area contributed by atoms with E-state index in [-0.39, 0.29) is 13.0 Å². The number of esters is 1. The SMILES string of the molecule is CC(C)(C)OC(=O)N[C@H](Cc1ccccn1)C(=O)OCc1ccccc1. The fourth-order valence-electron chi connectivity index (χ4n) is 2.20. The highest BCUT2D eigenvalue weighted by Crippen LogP contribution is 2.09. The Morgan fingerprint density at radius 1 is 1.08 bits per heavy atom. The number of hydrogen-bond acceptors (Lipinski definition) is 5. The standard InChI is InChI=1S/C20H24N2O4/c1-20(2,3)26-19(24)22-17(13-16-11-7-8-12-21-16)18(23)25-14-15-9-5-4-6-10-15/h4-12,17H,13-14H2,1-3H3,(H,22,24)/t17-/m1/s1. The number of ether oxygens (including phenoxy) is 2. The van der Waals surface area contributed by atoms with Gasteiger partial charge in [0.2, 0.25) is 0 Å². The molecule has 0 aliphatic carbocycles. The topological polar surface area (TPSA) is 77.5 Å². The lowest BCUT2D eigenvalue weighted by molar-refractivity contribution is -0.147. The third kappa shape index (κ3) is 6.93. The normalized spacial score (nSPS) is 12.1. The average molecular weight is 356 g/mol. The molecule has 0 saturated heterocycles. The molecule has 1 atom stereocenters. The quantitative estimate of drug-likeness (QED) is 0.804. The van der Waals surface area contributed by atoms with Crippen LogP contribution in [0.3, 0.4) is 0 Å². The summed E-state index contributed by atoms with van der Waals surface area (Å²) in [5, 5.41) is 2.58. The molecule has 0 unspecified atom stereocenters. The Kier molecular flexibility index (Phi) is 6.72. The van der Waals surface area contributed by atoms with Crippen LogP contribution >= 0.6 is 0 Å². The van der Waals surface area contributed by atoms with E-state index < -0.39 is 23.7 Å². The van der Waals surface area contributed by atoms with Crippen LogP contribution in [0.1, 0.15) is 32.0 Å². The van der Waals surface area contributed by atoms with Crippen LogP contribution < -0.4 is 5.32 Å². The van der Waals surface area contributed by atoms with Gasteiger partial charge in [0.1, 0.15) is 18.2 Å². The minimum absolute atomic E-state index is 0.133. The molecule has 1 aromatic heterocycles. The van der Waals surface area contributed by atoms with Crippen molar-refractivity contribution in [2.24, 2.45) is 0 Å². The molecule has 6 nitrogen and oxygen atoms in total. The van der Waals surface area contributed by atoms with Crippen LogP contribution in [-0.2, 0) is 27.3 Å². The summed E-state index contributed by atoms with van der Waals surface area (Å²) in [5.41, 5.74) is 0.882. The van der Waals surface area contributed by atoms with Gasteiger partial charge in [-0.2, -0.15) is 0 Å². The van der Waals surface area contributed by atoms with Crippen LogP contribution in [0.25, 0.3) is 0 Å². The lowest BCUT2D eigenvalue weighted by Gasteiger charge is -2.23. The maximum atomic E-state index is 12.5. The Morgan fingerprint density at radius 2 is 1.77 bits per heavy atom. The number of rotatable bonds is 6. The number of carbonyl (C=O) groups is 2. The second kappa shape index (κ2) is 8.99. The lowest BCUT2D eigenvalue weighted by Crippen LogP contribution is -2.45. The van der Waals surface area contributed by atoms with Crippen LogP contribution in [0.5, 0.6) is 0 Å². The summed E-state index contributed by atoms with van der Waals surface area (Å²) >= 11 is 0. The average Bonchev–Trinajstić information content (AvgIpc) is 2.59. The van der Waals surface area contributed by atoms with Crippen molar-refractivity contribution in [3.05, 3.63) is 66.0 Å². The van der Waals surface area contributed by atoms with Gasteiger partial charge in [0.15, 0.2) is 0 Å². The summed E-state index contributed by atoms with van der Waals surface area (Å²) in [6.45, 7) is 5.41. The molecule has 0 aliphatic heterocycles. The van der Waals surface area contributed by atoms with Crippen molar-refractivity contribution in [3.8, 4) is 0 Å². The van der Waals surface area contributed by atoms with Gasteiger partial charge in [-0.15, -0.1) is 0 Å². The highest BCUT2D eigenvalue weighted by atomic mass is 16.6. The van der Waals surface area contributed by atoms with Gasteiger partial charge >= 0.3 is 12.1 Å². The Morgan fingerprint density at radius 3 is 2.38 bits per heavy atom. The number of aromatic nitrogens is 1. The number of nitrogens with one attached hydrogen (secondary N) is 1. The number of amides is 1. The number of benzene rings is 1. The van der Waals surface area contributed by atoms with Gasteiger partial charge in [0.05, 0.1) is 0 Å². The van der Waals surface area contributed by atoms with Crippen LogP contribution in [0.4, 0.5) is 4.79 Å². The Hall–Kier alpha value is -2.89. The first-order chi connectivity index (χ1) is 12.3. The Labute approximate surface area is 153 Å². The first kappa shape index (κ1) is 19.4. The predicted molar refractivity (Wildman–Crippen MR) is 97.3 cm³/mol. The van der Waals surface area contributed by atoms with Crippen LogP contribution in [0.2, 0.25) is 0 Å². The maximum Gasteiger partial charge on any atom is 0.408 e. The van der Waals surface area contributed by atoms with Gasteiger partial charge in [-0.3, -0.25) is 4.98 Å². The highest BCUT2D eigenvalue weighted by Gasteiger charge is 2.26. The number of carbonyl (C=O) groups excluding carboxylic acids is 2. The molecule has 138 valence electrons. The van der Waals surface area contributed by atoms with E-state index in [0.717, 1.165) is 5.56 Å². The van der Waals surface area contributed by atoms with Crippen molar-refractivity contribution in [1.29, 1.82) is 0 Å². The van der Waals surface area contributed by atoms with Gasteiger partial charge in [0.25, 0.3) is 0 Å². The monoisotopic (exact) mass is 356 g/mol. The van der Waals surface area contributed by atoms with Crippen molar-refractivity contribution in [1.82, 2.24) is 10.3 Å². The summed E-state index contributed by atoms with van der Waals surface area (Å²) in [4.78, 5) is 28.8. The van der Waals surface area contributed by atoms with E-state index >= 15 is 0 Å². The molecule has 6 heteroatoms. The van der Waals surface area contributed by atoms with Crippen LogP contribution in [-0.4, -0.2) is 28.7 Å². The van der Waals surface area contributed by atoms with Gasteiger partial charge in [0, 0.05) is 18.3 Å². The van der Waals surface area contributed by atoms with E-state index in [9.17, 15) is 9.59 Å². The van der Waals surface area contributed by atoms with Crippen molar-refractivity contribution in [3.63, 3.8) is 0 Å². The fraction of sp³-hybridized carbons (Fsp3) is 0.350. The van der Waals surface area contributed by atoms with Crippen molar-refractivity contribution in [2.45, 2.75) is 45.4 Å².